The minimum Gasteiger partial charge on any atom is -0.393 e. The number of hydrogen-bond donors (Lipinski definition) is 1. The topological polar surface area (TPSA) is 60.9 Å². The van der Waals surface area contributed by atoms with Gasteiger partial charge in [0, 0.05) is 37.5 Å². The second kappa shape index (κ2) is 7.85. The average Bonchev–Trinajstić information content (AvgIpc) is 2.53. The monoisotopic (exact) mass is 338 g/mol. The van der Waals surface area contributed by atoms with E-state index in [0.29, 0.717) is 31.8 Å². The van der Waals surface area contributed by atoms with Crippen molar-refractivity contribution in [2.45, 2.75) is 65.9 Å². The zero-order chi connectivity index (χ0) is 17.9. The molecule has 2 aliphatic heterocycles. The molecule has 0 spiro atoms. The van der Waals surface area contributed by atoms with Crippen molar-refractivity contribution in [1.82, 2.24) is 9.80 Å². The molecule has 2 aliphatic rings. The van der Waals surface area contributed by atoms with Crippen LogP contribution < -0.4 is 0 Å². The Kier molecular flexibility index (Phi) is 6.29. The van der Waals surface area contributed by atoms with Crippen molar-refractivity contribution in [1.29, 1.82) is 0 Å². The highest BCUT2D eigenvalue weighted by Crippen LogP contribution is 2.28. The Bertz CT molecular complexity index is 450. The van der Waals surface area contributed by atoms with Gasteiger partial charge in [0.25, 0.3) is 0 Å². The molecule has 0 aromatic rings. The summed E-state index contributed by atoms with van der Waals surface area (Å²) >= 11 is 0. The SMILES string of the molecule is CC(CC1CCCN(C(=O)C(C)(C)C)C1)C(=O)N1CCC(O)CC1. The molecule has 2 rings (SSSR count). The van der Waals surface area contributed by atoms with E-state index in [2.05, 4.69) is 0 Å². The van der Waals surface area contributed by atoms with Gasteiger partial charge in [0.2, 0.25) is 11.8 Å². The minimum atomic E-state index is -0.335. The second-order valence-corrected chi connectivity index (χ2v) is 8.70. The van der Waals surface area contributed by atoms with E-state index in [4.69, 9.17) is 0 Å². The molecule has 2 amide bonds. The zero-order valence-electron chi connectivity index (χ0n) is 15.8. The lowest BCUT2D eigenvalue weighted by Crippen LogP contribution is -2.46. The van der Waals surface area contributed by atoms with Crippen LogP contribution in [-0.2, 0) is 9.59 Å². The highest BCUT2D eigenvalue weighted by atomic mass is 16.3. The van der Waals surface area contributed by atoms with Crippen molar-refractivity contribution < 1.29 is 14.7 Å². The van der Waals surface area contributed by atoms with Gasteiger partial charge in [0.1, 0.15) is 0 Å². The normalized spacial score (nSPS) is 24.8. The van der Waals surface area contributed by atoms with Gasteiger partial charge in [0.05, 0.1) is 6.10 Å². The van der Waals surface area contributed by atoms with Crippen LogP contribution in [0.1, 0.15) is 59.8 Å². The fourth-order valence-corrected chi connectivity index (χ4v) is 3.91. The van der Waals surface area contributed by atoms with Crippen molar-refractivity contribution in [3.8, 4) is 0 Å². The highest BCUT2D eigenvalue weighted by Gasteiger charge is 2.33. The first-order valence-electron chi connectivity index (χ1n) is 9.44. The molecule has 0 aromatic carbocycles. The van der Waals surface area contributed by atoms with Crippen LogP contribution in [0.4, 0.5) is 0 Å². The molecule has 0 bridgehead atoms. The molecule has 0 aromatic heterocycles. The Morgan fingerprint density at radius 3 is 2.29 bits per heavy atom. The molecule has 0 aliphatic carbocycles. The van der Waals surface area contributed by atoms with E-state index in [1.807, 2.05) is 37.5 Å². The third-order valence-electron chi connectivity index (χ3n) is 5.33. The molecular formula is C19H34N2O3. The van der Waals surface area contributed by atoms with Crippen LogP contribution >= 0.6 is 0 Å². The first-order valence-corrected chi connectivity index (χ1v) is 9.44. The van der Waals surface area contributed by atoms with E-state index in [-0.39, 0.29) is 29.3 Å². The van der Waals surface area contributed by atoms with E-state index in [0.717, 1.165) is 32.4 Å². The maximum absolute atomic E-state index is 12.6. The molecule has 24 heavy (non-hydrogen) atoms. The number of aliphatic hydroxyl groups is 1. The molecule has 5 nitrogen and oxygen atoms in total. The minimum absolute atomic E-state index is 0.00469. The van der Waals surface area contributed by atoms with Crippen LogP contribution in [0.15, 0.2) is 0 Å². The van der Waals surface area contributed by atoms with Crippen molar-refractivity contribution >= 4 is 11.8 Å². The first kappa shape index (κ1) is 19.2. The fourth-order valence-electron chi connectivity index (χ4n) is 3.91. The lowest BCUT2D eigenvalue weighted by molar-refractivity contribution is -0.141. The highest BCUT2D eigenvalue weighted by molar-refractivity contribution is 5.81. The number of nitrogens with zero attached hydrogens (tertiary/aromatic N) is 2. The number of rotatable bonds is 3. The van der Waals surface area contributed by atoms with Crippen LogP contribution in [0.2, 0.25) is 0 Å². The lowest BCUT2D eigenvalue weighted by atomic mass is 9.86. The van der Waals surface area contributed by atoms with Gasteiger partial charge in [-0.15, -0.1) is 0 Å². The number of hydrogen-bond acceptors (Lipinski definition) is 3. The maximum atomic E-state index is 12.6. The van der Waals surface area contributed by atoms with Gasteiger partial charge in [-0.25, -0.2) is 0 Å². The molecule has 2 atom stereocenters. The molecule has 0 radical (unpaired) electrons. The molecule has 1 N–H and O–H groups in total. The summed E-state index contributed by atoms with van der Waals surface area (Å²) in [4.78, 5) is 29.0. The quantitative estimate of drug-likeness (QED) is 0.859. The van der Waals surface area contributed by atoms with Gasteiger partial charge in [-0.3, -0.25) is 9.59 Å². The number of likely N-dealkylation sites (tertiary alicyclic amines) is 2. The summed E-state index contributed by atoms with van der Waals surface area (Å²) in [5.41, 5.74) is -0.335. The summed E-state index contributed by atoms with van der Waals surface area (Å²) in [5.74, 6) is 0.840. The average molecular weight is 338 g/mol. The number of piperidine rings is 2. The lowest BCUT2D eigenvalue weighted by Gasteiger charge is -2.38. The van der Waals surface area contributed by atoms with Crippen molar-refractivity contribution in [3.05, 3.63) is 0 Å². The molecule has 2 fully saturated rings. The van der Waals surface area contributed by atoms with E-state index >= 15 is 0 Å². The molecule has 2 heterocycles. The van der Waals surface area contributed by atoms with E-state index < -0.39 is 0 Å². The number of aliphatic hydroxyl groups excluding tert-OH is 1. The van der Waals surface area contributed by atoms with Crippen LogP contribution in [0.3, 0.4) is 0 Å². The Morgan fingerprint density at radius 1 is 1.08 bits per heavy atom. The molecule has 138 valence electrons. The Hall–Kier alpha value is -1.10. The number of carbonyl (C=O) groups excluding carboxylic acids is 2. The fraction of sp³-hybridized carbons (Fsp3) is 0.895. The number of amides is 2. The third-order valence-corrected chi connectivity index (χ3v) is 5.33. The van der Waals surface area contributed by atoms with Crippen LogP contribution in [-0.4, -0.2) is 59.0 Å². The Morgan fingerprint density at radius 2 is 1.71 bits per heavy atom. The molecule has 0 saturated carbocycles. The summed E-state index contributed by atoms with van der Waals surface area (Å²) in [6, 6.07) is 0. The summed E-state index contributed by atoms with van der Waals surface area (Å²) in [7, 11) is 0. The van der Waals surface area contributed by atoms with Gasteiger partial charge in [-0.05, 0) is 38.0 Å². The standard InChI is InChI=1S/C19H34N2O3/c1-14(17(23)20-10-7-16(22)8-11-20)12-15-6-5-9-21(13-15)18(24)19(2,3)4/h14-16,22H,5-13H2,1-4H3. The molecule has 5 heteroatoms. The van der Waals surface area contributed by atoms with Crippen molar-refractivity contribution in [2.75, 3.05) is 26.2 Å². The van der Waals surface area contributed by atoms with Gasteiger partial charge in [0.15, 0.2) is 0 Å². The first-order chi connectivity index (χ1) is 11.2. The molecule has 2 unspecified atom stereocenters. The van der Waals surface area contributed by atoms with Crippen LogP contribution in [0.25, 0.3) is 0 Å². The summed E-state index contributed by atoms with van der Waals surface area (Å²) in [6.45, 7) is 10.9. The van der Waals surface area contributed by atoms with Gasteiger partial charge in [-0.2, -0.15) is 0 Å². The van der Waals surface area contributed by atoms with Gasteiger partial charge in [-0.1, -0.05) is 27.7 Å². The summed E-state index contributed by atoms with van der Waals surface area (Å²) in [6.07, 6.45) is 4.12. The van der Waals surface area contributed by atoms with E-state index in [1.165, 1.54) is 0 Å². The maximum Gasteiger partial charge on any atom is 0.227 e. The van der Waals surface area contributed by atoms with E-state index in [1.54, 1.807) is 0 Å². The Balaban J connectivity index is 1.86. The smallest absolute Gasteiger partial charge is 0.227 e. The Labute approximate surface area is 146 Å². The summed E-state index contributed by atoms with van der Waals surface area (Å²) < 4.78 is 0. The predicted molar refractivity (Wildman–Crippen MR) is 94.4 cm³/mol. The largest absolute Gasteiger partial charge is 0.393 e. The third kappa shape index (κ3) is 4.95. The van der Waals surface area contributed by atoms with Gasteiger partial charge >= 0.3 is 0 Å². The van der Waals surface area contributed by atoms with E-state index in [9.17, 15) is 14.7 Å². The second-order valence-electron chi connectivity index (χ2n) is 8.70. The predicted octanol–water partition coefficient (Wildman–Crippen LogP) is 2.28. The summed E-state index contributed by atoms with van der Waals surface area (Å²) in [5, 5.41) is 9.58. The number of carbonyl (C=O) groups is 2. The van der Waals surface area contributed by atoms with Crippen LogP contribution in [0, 0.1) is 17.3 Å². The van der Waals surface area contributed by atoms with Crippen molar-refractivity contribution in [3.63, 3.8) is 0 Å². The van der Waals surface area contributed by atoms with Crippen molar-refractivity contribution in [2.24, 2.45) is 17.3 Å². The van der Waals surface area contributed by atoms with Crippen LogP contribution in [0.5, 0.6) is 0 Å². The molecule has 2 saturated heterocycles. The van der Waals surface area contributed by atoms with Gasteiger partial charge < -0.3 is 14.9 Å². The molecular weight excluding hydrogens is 304 g/mol. The zero-order valence-corrected chi connectivity index (χ0v) is 15.8.